The lowest BCUT2D eigenvalue weighted by Gasteiger charge is -2.23. The summed E-state index contributed by atoms with van der Waals surface area (Å²) in [6, 6.07) is 29.5. The van der Waals surface area contributed by atoms with E-state index in [2.05, 4.69) is 49.8 Å². The van der Waals surface area contributed by atoms with E-state index >= 15 is 0 Å². The van der Waals surface area contributed by atoms with Gasteiger partial charge >= 0.3 is 0 Å². The fourth-order valence-corrected chi connectivity index (χ4v) is 13.4. The third-order valence-corrected chi connectivity index (χ3v) is 18.1. The van der Waals surface area contributed by atoms with E-state index in [9.17, 15) is 19.2 Å². The molecule has 0 saturated heterocycles. The van der Waals surface area contributed by atoms with Crippen LogP contribution in [0.5, 0.6) is 17.2 Å². The van der Waals surface area contributed by atoms with Crippen molar-refractivity contribution in [3.8, 4) is 17.2 Å². The number of nitrogens with zero attached hydrogens (tertiary/aromatic N) is 3. The average molecular weight is 1050 g/mol. The fourth-order valence-electron chi connectivity index (χ4n) is 10.7. The number of ketones is 1. The summed E-state index contributed by atoms with van der Waals surface area (Å²) in [4.78, 5) is 58.4. The molecule has 75 heavy (non-hydrogen) atoms. The van der Waals surface area contributed by atoms with Crippen LogP contribution < -0.4 is 34.6 Å². The highest BCUT2D eigenvalue weighted by Gasteiger charge is 2.38. The molecule has 4 aliphatic rings. The van der Waals surface area contributed by atoms with Crippen LogP contribution in [0.1, 0.15) is 133 Å². The topological polar surface area (TPSA) is 130 Å². The summed E-state index contributed by atoms with van der Waals surface area (Å²) < 4.78 is 20.8. The third-order valence-electron chi connectivity index (χ3n) is 14.7. The predicted octanol–water partition coefficient (Wildman–Crippen LogP) is 11.9. The molecular weight excluding hydrogens is 979 g/mol. The van der Waals surface area contributed by atoms with Crippen LogP contribution in [0.2, 0.25) is 0 Å². The summed E-state index contributed by atoms with van der Waals surface area (Å²) in [5.41, 5.74) is 10.1. The zero-order valence-electron chi connectivity index (χ0n) is 44.4. The number of carbonyl (C=O) groups is 4. The Labute approximate surface area is 450 Å². The van der Waals surface area contributed by atoms with Crippen LogP contribution in [0.3, 0.4) is 0 Å². The Balaban J connectivity index is 0.880. The van der Waals surface area contributed by atoms with E-state index in [0.29, 0.717) is 72.0 Å². The first-order valence-electron chi connectivity index (χ1n) is 26.7. The number of unbranched alkanes of at least 4 members (excludes halogenated alkanes) is 2. The maximum Gasteiger partial charge on any atom is 0.258 e. The summed E-state index contributed by atoms with van der Waals surface area (Å²) in [6.07, 6.45) is 12.9. The van der Waals surface area contributed by atoms with Crippen LogP contribution in [-0.4, -0.2) is 84.1 Å². The zero-order valence-corrected chi connectivity index (χ0v) is 46.0. The fraction of sp³-hybridized carbons (Fsp3) is 0.426. The van der Waals surface area contributed by atoms with Gasteiger partial charge in [0.05, 0.1) is 12.8 Å². The molecule has 0 spiro atoms. The summed E-state index contributed by atoms with van der Waals surface area (Å²) in [5.74, 6) is 2.69. The van der Waals surface area contributed by atoms with Crippen LogP contribution in [0, 0.1) is 6.92 Å². The Bertz CT molecular complexity index is 2970. The molecule has 12 nitrogen and oxygen atoms in total. The standard InChI is InChI=1S/C61H71N5O7S2/c1-7-62-26-14-8-9-18-49(67)19-15-27-74-75-61(3,4)25-24-58(68)63-46-30-41(38-72-55-36-54-51(28-40(55)2)60(70)66-48(37-64(54)5)33-45-17-11-13-21-53(45)66)29-42(31-46)39-73-57-34-43-22-23-47-32-44-16-10-12-20-52(44)65(47)59(69)50(43)35-56(57)71-6/h10-13,16-17,20-21,28-31,34-36,47-48,62H,7-9,14-15,18-19,22-27,32-33,38-39H2,1-6H3,(H,63,68)/t47-,48+/m0/s1. The van der Waals surface area contributed by atoms with Crippen LogP contribution in [0.25, 0.3) is 0 Å². The first-order valence-corrected chi connectivity index (χ1v) is 29.0. The van der Waals surface area contributed by atoms with Crippen molar-refractivity contribution in [2.75, 3.05) is 48.1 Å². The number of aryl methyl sites for hydroxylation is 2. The Hall–Kier alpha value is -6.09. The molecule has 9 rings (SSSR count). The Morgan fingerprint density at radius 3 is 2.21 bits per heavy atom. The second-order valence-corrected chi connectivity index (χ2v) is 24.0. The van der Waals surface area contributed by atoms with Gasteiger partial charge in [-0.2, -0.15) is 0 Å². The Kier molecular flexibility index (Phi) is 17.4. The molecule has 4 aliphatic heterocycles. The molecule has 2 N–H and O–H groups in total. The Morgan fingerprint density at radius 2 is 1.47 bits per heavy atom. The molecule has 4 heterocycles. The summed E-state index contributed by atoms with van der Waals surface area (Å²) >= 11 is 0. The van der Waals surface area contributed by atoms with E-state index in [1.807, 2.05) is 107 Å². The second kappa shape index (κ2) is 24.3. The van der Waals surface area contributed by atoms with Gasteiger partial charge in [-0.05, 0) is 167 Å². The molecule has 14 heteroatoms. The average Bonchev–Trinajstić information content (AvgIpc) is 3.93. The normalized spacial score (nSPS) is 16.4. The first kappa shape index (κ1) is 53.7. The number of Topliss-reactive ketones (excluding diaryl/α,β-unsaturated/α-hetero) is 1. The highest BCUT2D eigenvalue weighted by molar-refractivity contribution is 8.77. The van der Waals surface area contributed by atoms with Gasteiger partial charge in [-0.15, -0.1) is 0 Å². The smallest absolute Gasteiger partial charge is 0.258 e. The first-order chi connectivity index (χ1) is 36.3. The van der Waals surface area contributed by atoms with E-state index < -0.39 is 0 Å². The monoisotopic (exact) mass is 1050 g/mol. The number of ether oxygens (including phenoxy) is 3. The largest absolute Gasteiger partial charge is 0.493 e. The molecule has 0 aliphatic carbocycles. The van der Waals surface area contributed by atoms with Gasteiger partial charge in [-0.3, -0.25) is 19.2 Å². The molecular formula is C61H71N5O7S2. The van der Waals surface area contributed by atoms with Crippen molar-refractivity contribution in [2.24, 2.45) is 0 Å². The number of para-hydroxylation sites is 2. The van der Waals surface area contributed by atoms with Crippen LogP contribution in [0.15, 0.2) is 91.0 Å². The van der Waals surface area contributed by atoms with E-state index in [0.717, 1.165) is 109 Å². The SMILES string of the molecule is CCNCCCCCC(=O)CCCSSC(C)(C)CCC(=O)Nc1cc(COc2cc3c(cc2C)C(=O)N2c4ccccc4C[C@@H]2[C-]=[N+]3C)cc(COc2cc3c(cc2OC)C(=O)N2c4ccccc4C[C@@H]2CC3)c1. The van der Waals surface area contributed by atoms with E-state index in [-0.39, 0.29) is 47.8 Å². The minimum Gasteiger partial charge on any atom is -0.493 e. The summed E-state index contributed by atoms with van der Waals surface area (Å²) in [6.45, 7) is 10.7. The van der Waals surface area contributed by atoms with Gasteiger partial charge in [0.25, 0.3) is 5.91 Å². The van der Waals surface area contributed by atoms with Gasteiger partial charge in [0.1, 0.15) is 31.8 Å². The van der Waals surface area contributed by atoms with Crippen LogP contribution in [-0.2, 0) is 42.1 Å². The molecule has 3 amide bonds. The van der Waals surface area contributed by atoms with E-state index in [1.54, 1.807) is 28.7 Å². The van der Waals surface area contributed by atoms with Crippen molar-refractivity contribution >= 4 is 74.1 Å². The number of benzene rings is 5. The zero-order chi connectivity index (χ0) is 52.6. The lowest BCUT2D eigenvalue weighted by Crippen LogP contribution is -2.38. The van der Waals surface area contributed by atoms with E-state index in [1.165, 1.54) is 5.56 Å². The van der Waals surface area contributed by atoms with E-state index in [4.69, 9.17) is 14.2 Å². The Morgan fingerprint density at radius 1 is 0.773 bits per heavy atom. The minimum atomic E-state index is -0.214. The summed E-state index contributed by atoms with van der Waals surface area (Å²) in [5, 5.41) is 6.51. The molecule has 0 radical (unpaired) electrons. The van der Waals surface area contributed by atoms with Gasteiger partial charge in [-0.25, -0.2) is 0 Å². The number of hydrogen-bond donors (Lipinski definition) is 2. The van der Waals surface area contributed by atoms with Gasteiger partial charge in [0, 0.05) is 76.2 Å². The minimum absolute atomic E-state index is 0.0259. The van der Waals surface area contributed by atoms with Crippen LogP contribution >= 0.6 is 21.6 Å². The number of hydrogen-bond acceptors (Lipinski definition) is 10. The molecule has 0 fully saturated rings. The van der Waals surface area contributed by atoms with Crippen molar-refractivity contribution < 1.29 is 38.0 Å². The lowest BCUT2D eigenvalue weighted by atomic mass is 9.99. The molecule has 5 aromatic carbocycles. The second-order valence-electron chi connectivity index (χ2n) is 20.8. The van der Waals surface area contributed by atoms with Gasteiger partial charge in [0.2, 0.25) is 11.8 Å². The third kappa shape index (κ3) is 12.8. The number of fused-ring (bicyclic) bond motifs is 8. The highest BCUT2D eigenvalue weighted by Crippen LogP contribution is 2.43. The number of carbonyl (C=O) groups excluding carboxylic acids is 4. The quantitative estimate of drug-likeness (QED) is 0.0267. The number of methoxy groups -OCH3 is 1. The van der Waals surface area contributed by atoms with Crippen molar-refractivity contribution in [2.45, 2.75) is 135 Å². The van der Waals surface area contributed by atoms with Crippen molar-refractivity contribution in [3.05, 3.63) is 136 Å². The lowest BCUT2D eigenvalue weighted by molar-refractivity contribution is -0.401. The number of amides is 3. The van der Waals surface area contributed by atoms with Crippen molar-refractivity contribution in [1.82, 2.24) is 5.32 Å². The number of rotatable bonds is 24. The molecule has 0 saturated carbocycles. The molecule has 0 aromatic heterocycles. The van der Waals surface area contributed by atoms with Gasteiger partial charge in [0.15, 0.2) is 11.5 Å². The predicted molar refractivity (Wildman–Crippen MR) is 303 cm³/mol. The number of nitrogens with one attached hydrogen (secondary N) is 2. The number of anilines is 3. The van der Waals surface area contributed by atoms with Gasteiger partial charge < -0.3 is 39.2 Å². The summed E-state index contributed by atoms with van der Waals surface area (Å²) in [7, 11) is 7.06. The van der Waals surface area contributed by atoms with Crippen LogP contribution in [0.4, 0.5) is 22.7 Å². The molecule has 2 atom stereocenters. The molecule has 5 aromatic rings. The van der Waals surface area contributed by atoms with Gasteiger partial charge in [-0.1, -0.05) is 77.4 Å². The molecule has 394 valence electrons. The molecule has 0 unspecified atom stereocenters. The highest BCUT2D eigenvalue weighted by atomic mass is 33.1. The maximum atomic E-state index is 14.2. The van der Waals surface area contributed by atoms with Crippen molar-refractivity contribution in [1.29, 1.82) is 0 Å². The van der Waals surface area contributed by atoms with Crippen molar-refractivity contribution in [3.63, 3.8) is 0 Å². The maximum absolute atomic E-state index is 14.2. The molecule has 0 bridgehead atoms.